The van der Waals surface area contributed by atoms with Crippen molar-refractivity contribution in [2.45, 2.75) is 43.7 Å². The van der Waals surface area contributed by atoms with Crippen molar-refractivity contribution in [2.75, 3.05) is 19.9 Å². The number of nitrogens with zero attached hydrogens (tertiary/aromatic N) is 1. The topological polar surface area (TPSA) is 74.8 Å². The number of nitrogens with one attached hydrogen (secondary N) is 1. The van der Waals surface area contributed by atoms with Crippen LogP contribution in [0, 0.1) is 0 Å². The highest BCUT2D eigenvalue weighted by atomic mass is 32.2. The average Bonchev–Trinajstić information content (AvgIpc) is 3.09. The van der Waals surface area contributed by atoms with Crippen LogP contribution in [0.25, 0.3) is 10.9 Å². The molecule has 0 spiro atoms. The summed E-state index contributed by atoms with van der Waals surface area (Å²) in [5.74, 6) is 0.766. The van der Waals surface area contributed by atoms with Gasteiger partial charge in [0.1, 0.15) is 23.6 Å². The van der Waals surface area contributed by atoms with Crippen LogP contribution in [-0.2, 0) is 22.3 Å². The minimum absolute atomic E-state index is 0.297. The van der Waals surface area contributed by atoms with E-state index in [1.54, 1.807) is 18.3 Å². The molecule has 1 amide bonds. The summed E-state index contributed by atoms with van der Waals surface area (Å²) in [5, 5.41) is 1.10. The van der Waals surface area contributed by atoms with Gasteiger partial charge < -0.3 is 14.5 Å². The lowest BCUT2D eigenvalue weighted by Crippen LogP contribution is -2.43. The Balaban J connectivity index is 1.83. The number of ether oxygens (including phenoxy) is 2. The zero-order valence-electron chi connectivity index (χ0n) is 18.6. The zero-order valence-corrected chi connectivity index (χ0v) is 19.4. The molecule has 2 N–H and O–H groups in total. The van der Waals surface area contributed by atoms with Crippen molar-refractivity contribution >= 4 is 28.2 Å². The minimum atomic E-state index is -0.806. The summed E-state index contributed by atoms with van der Waals surface area (Å²) in [6, 6.07) is 13.5. The van der Waals surface area contributed by atoms with Crippen molar-refractivity contribution in [3.63, 3.8) is 0 Å². The molecule has 3 aromatic rings. The van der Waals surface area contributed by atoms with Gasteiger partial charge in [0.05, 0.1) is 7.11 Å². The molecule has 31 heavy (non-hydrogen) atoms. The summed E-state index contributed by atoms with van der Waals surface area (Å²) in [4.78, 5) is 19.4. The molecule has 0 aliphatic carbocycles. The van der Waals surface area contributed by atoms with Crippen molar-refractivity contribution in [2.24, 2.45) is 0 Å². The van der Waals surface area contributed by atoms with Crippen molar-refractivity contribution in [3.05, 3.63) is 59.3 Å². The van der Waals surface area contributed by atoms with Crippen molar-refractivity contribution in [1.29, 1.82) is 0 Å². The number of rotatable bonds is 3. The Bertz CT molecular complexity index is 1100. The third-order valence-electron chi connectivity index (χ3n) is 5.50. The second-order valence-electron chi connectivity index (χ2n) is 8.80. The molecule has 0 saturated heterocycles. The van der Waals surface area contributed by atoms with Crippen molar-refractivity contribution in [1.82, 2.24) is 9.88 Å². The van der Waals surface area contributed by atoms with E-state index >= 15 is 0 Å². The summed E-state index contributed by atoms with van der Waals surface area (Å²) in [6.45, 7) is 6.19. The fourth-order valence-corrected chi connectivity index (χ4v) is 4.65. The van der Waals surface area contributed by atoms with Crippen LogP contribution in [0.4, 0.5) is 4.79 Å². The minimum Gasteiger partial charge on any atom is -0.497 e. The quantitative estimate of drug-likeness (QED) is 0.552. The number of carbonyl (C=O) groups is 1. The summed E-state index contributed by atoms with van der Waals surface area (Å²) < 4.78 is 21.1. The number of carbonyl (C=O) groups excluding carboxylic acids is 1. The summed E-state index contributed by atoms with van der Waals surface area (Å²) >= 11 is -0.806. The normalized spacial score (nSPS) is 17.4. The highest BCUT2D eigenvalue weighted by molar-refractivity contribution is 7.90. The summed E-state index contributed by atoms with van der Waals surface area (Å²) in [6.07, 6.45) is 2.18. The lowest BCUT2D eigenvalue weighted by atomic mass is 9.92. The molecule has 164 valence electrons. The molecular weight excluding hydrogens is 412 g/mol. The number of fused-ring (bicyclic) bond motifs is 3. The number of amides is 1. The van der Waals surface area contributed by atoms with Gasteiger partial charge in [-0.2, -0.15) is 4.55 Å². The Kier molecular flexibility index (Phi) is 5.66. The van der Waals surface area contributed by atoms with Crippen LogP contribution >= 0.6 is 0 Å². The third-order valence-corrected chi connectivity index (χ3v) is 6.44. The lowest BCUT2D eigenvalue weighted by molar-refractivity contribution is 0.0175. The molecule has 6 nitrogen and oxygen atoms in total. The average molecular weight is 442 g/mol. The molecule has 0 bridgehead atoms. The number of hydrogen-bond donors (Lipinski definition) is 2. The van der Waals surface area contributed by atoms with Gasteiger partial charge in [0, 0.05) is 29.2 Å². The number of hydrogen-bond acceptors (Lipinski definition) is 4. The Morgan fingerprint density at radius 1 is 1.19 bits per heavy atom. The second-order valence-corrected chi connectivity index (χ2v) is 10.2. The molecule has 7 heteroatoms. The third kappa shape index (κ3) is 4.25. The molecule has 0 fully saturated rings. The fraction of sp³-hybridized carbons (Fsp3) is 0.375. The van der Waals surface area contributed by atoms with Crippen LogP contribution in [-0.4, -0.2) is 46.0 Å². The molecule has 1 aliphatic rings. The van der Waals surface area contributed by atoms with Gasteiger partial charge in [0.25, 0.3) is 0 Å². The maximum atomic E-state index is 13.1. The largest absolute Gasteiger partial charge is 0.497 e. The van der Waals surface area contributed by atoms with Crippen LogP contribution in [0.2, 0.25) is 0 Å². The van der Waals surface area contributed by atoms with Crippen molar-refractivity contribution in [3.8, 4) is 5.75 Å². The van der Waals surface area contributed by atoms with Gasteiger partial charge in [-0.25, -0.2) is 4.79 Å². The first-order valence-corrected chi connectivity index (χ1v) is 11.9. The second kappa shape index (κ2) is 8.13. The van der Waals surface area contributed by atoms with E-state index in [0.717, 1.165) is 32.8 Å². The number of aromatic nitrogens is 1. The summed E-state index contributed by atoms with van der Waals surface area (Å²) in [7, 11) is 1.64. The number of H-pyrrole nitrogens is 1. The van der Waals surface area contributed by atoms with Crippen LogP contribution in [0.15, 0.2) is 47.4 Å². The molecule has 2 atom stereocenters. The first kappa shape index (κ1) is 21.6. The molecule has 1 aromatic heterocycles. The molecular formula is C24H29N2O4S+. The lowest BCUT2D eigenvalue weighted by Gasteiger charge is -2.37. The van der Waals surface area contributed by atoms with E-state index in [1.807, 2.05) is 57.2 Å². The Hall–Kier alpha value is -2.64. The van der Waals surface area contributed by atoms with Gasteiger partial charge in [-0.1, -0.05) is 12.1 Å². The van der Waals surface area contributed by atoms with E-state index in [-0.39, 0.29) is 12.1 Å². The first-order valence-electron chi connectivity index (χ1n) is 10.3. The fourth-order valence-electron chi connectivity index (χ4n) is 4.10. The van der Waals surface area contributed by atoms with Gasteiger partial charge >= 0.3 is 6.09 Å². The highest BCUT2D eigenvalue weighted by Gasteiger charge is 2.37. The first-order chi connectivity index (χ1) is 14.7. The maximum absolute atomic E-state index is 13.1. The van der Waals surface area contributed by atoms with Gasteiger partial charge in [0.15, 0.2) is 16.1 Å². The standard InChI is InChI=1S/C24H29N2O4S/c1-24(2,3)30-23(27)26-13-12-18-19-14-17(31(5)28)10-11-20(19)25-21(18)22(26)15-6-8-16(29-4)9-7-15/h6-11,14,22,25,28H,12-13H2,1-5H3/q+1. The molecule has 4 rings (SSSR count). The van der Waals surface area contributed by atoms with Gasteiger partial charge in [-0.05, 0) is 62.6 Å². The van der Waals surface area contributed by atoms with Crippen LogP contribution < -0.4 is 4.74 Å². The van der Waals surface area contributed by atoms with Crippen molar-refractivity contribution < 1.29 is 18.8 Å². The molecule has 0 radical (unpaired) electrons. The van der Waals surface area contributed by atoms with E-state index < -0.39 is 16.8 Å². The monoisotopic (exact) mass is 441 g/mol. The Labute approximate surface area is 185 Å². The maximum Gasteiger partial charge on any atom is 0.411 e. The number of benzene rings is 2. The zero-order chi connectivity index (χ0) is 22.3. The predicted octanol–water partition coefficient (Wildman–Crippen LogP) is 5.14. The molecule has 2 unspecified atom stereocenters. The SMILES string of the molecule is COc1ccc(C2c3[nH]c4ccc([S+](C)O)cc4c3CCN2C(=O)OC(C)(C)C)cc1. The van der Waals surface area contributed by atoms with Gasteiger partial charge in [-0.15, -0.1) is 0 Å². The van der Waals surface area contributed by atoms with E-state index in [4.69, 9.17) is 9.47 Å². The van der Waals surface area contributed by atoms with E-state index in [9.17, 15) is 9.35 Å². The van der Waals surface area contributed by atoms with Gasteiger partial charge in [-0.3, -0.25) is 4.90 Å². The molecule has 2 aromatic carbocycles. The Morgan fingerprint density at radius 3 is 2.52 bits per heavy atom. The number of aromatic amines is 1. The van der Waals surface area contributed by atoms with Gasteiger partial charge in [0.2, 0.25) is 0 Å². The Morgan fingerprint density at radius 2 is 1.90 bits per heavy atom. The van der Waals surface area contributed by atoms with Crippen LogP contribution in [0.3, 0.4) is 0 Å². The van der Waals surface area contributed by atoms with Crippen LogP contribution in [0.1, 0.15) is 43.6 Å². The predicted molar refractivity (Wildman–Crippen MR) is 124 cm³/mol. The van der Waals surface area contributed by atoms with Crippen LogP contribution in [0.5, 0.6) is 5.75 Å². The molecule has 2 heterocycles. The van der Waals surface area contributed by atoms with E-state index in [0.29, 0.717) is 13.0 Å². The number of methoxy groups -OCH3 is 1. The molecule has 0 saturated carbocycles. The highest BCUT2D eigenvalue weighted by Crippen LogP contribution is 2.40. The smallest absolute Gasteiger partial charge is 0.411 e. The van der Waals surface area contributed by atoms with E-state index in [1.165, 1.54) is 5.56 Å². The molecule has 1 aliphatic heterocycles. The van der Waals surface area contributed by atoms with E-state index in [2.05, 4.69) is 11.1 Å². The summed E-state index contributed by atoms with van der Waals surface area (Å²) in [5.41, 5.74) is 3.59.